The smallest absolute Gasteiger partial charge is 0.287 e. The number of aliphatic hydroxyl groups excluding tert-OH is 2. The van der Waals surface area contributed by atoms with Gasteiger partial charge in [-0.15, -0.1) is 0 Å². The maximum absolute atomic E-state index is 12.1. The number of carbonyl (C=O) groups is 1. The molecule has 1 aromatic rings. The van der Waals surface area contributed by atoms with Gasteiger partial charge in [-0.3, -0.25) is 14.9 Å². The van der Waals surface area contributed by atoms with Gasteiger partial charge in [0, 0.05) is 25.7 Å². The molecule has 0 bridgehead atoms. The molecule has 9 heteroatoms. The highest BCUT2D eigenvalue weighted by Gasteiger charge is 2.26. The Labute approximate surface area is 133 Å². The maximum Gasteiger partial charge on any atom is 0.287 e. The van der Waals surface area contributed by atoms with Crippen molar-refractivity contribution < 1.29 is 19.9 Å². The number of aliphatic hydroxyl groups is 2. The lowest BCUT2D eigenvalue weighted by Gasteiger charge is -2.32. The Morgan fingerprint density at radius 3 is 2.96 bits per heavy atom. The molecular weight excluding hydrogens is 304 g/mol. The Kier molecular flexibility index (Phi) is 5.83. The number of piperidine rings is 1. The zero-order valence-electron chi connectivity index (χ0n) is 12.6. The van der Waals surface area contributed by atoms with Gasteiger partial charge in [0.05, 0.1) is 23.6 Å². The van der Waals surface area contributed by atoms with Crippen molar-refractivity contribution in [2.75, 3.05) is 31.1 Å². The Bertz CT molecular complexity index is 551. The van der Waals surface area contributed by atoms with Crippen LogP contribution in [0.15, 0.2) is 18.3 Å². The number of hydrogen-bond donors (Lipinski definition) is 3. The summed E-state index contributed by atoms with van der Waals surface area (Å²) in [6.07, 6.45) is 1.77. The number of amides is 1. The summed E-state index contributed by atoms with van der Waals surface area (Å²) in [5.74, 6) is 0.180. The van der Waals surface area contributed by atoms with Crippen molar-refractivity contribution in [3.63, 3.8) is 0 Å². The van der Waals surface area contributed by atoms with Crippen LogP contribution in [-0.2, 0) is 4.79 Å². The summed E-state index contributed by atoms with van der Waals surface area (Å²) in [4.78, 5) is 28.2. The molecule has 1 aliphatic heterocycles. The molecule has 1 aromatic heterocycles. The van der Waals surface area contributed by atoms with Gasteiger partial charge in [-0.25, -0.2) is 4.98 Å². The fourth-order valence-electron chi connectivity index (χ4n) is 2.50. The molecule has 23 heavy (non-hydrogen) atoms. The van der Waals surface area contributed by atoms with E-state index in [2.05, 4.69) is 10.3 Å². The molecule has 126 valence electrons. The normalized spacial score (nSPS) is 19.2. The first-order valence-electron chi connectivity index (χ1n) is 7.43. The molecule has 1 amide bonds. The Morgan fingerprint density at radius 1 is 1.57 bits per heavy atom. The van der Waals surface area contributed by atoms with Crippen molar-refractivity contribution in [2.45, 2.75) is 18.9 Å². The predicted molar refractivity (Wildman–Crippen MR) is 81.9 cm³/mol. The first-order valence-corrected chi connectivity index (χ1v) is 7.43. The van der Waals surface area contributed by atoms with E-state index in [4.69, 9.17) is 5.11 Å². The van der Waals surface area contributed by atoms with Crippen LogP contribution in [0.4, 0.5) is 11.5 Å². The second-order valence-corrected chi connectivity index (χ2v) is 5.50. The summed E-state index contributed by atoms with van der Waals surface area (Å²) in [5, 5.41) is 31.3. The summed E-state index contributed by atoms with van der Waals surface area (Å²) in [6.45, 7) is 0.811. The highest BCUT2D eigenvalue weighted by molar-refractivity contribution is 5.79. The monoisotopic (exact) mass is 324 g/mol. The minimum Gasteiger partial charge on any atom is -0.394 e. The second-order valence-electron chi connectivity index (χ2n) is 5.50. The fourth-order valence-corrected chi connectivity index (χ4v) is 2.50. The predicted octanol–water partition coefficient (Wildman–Crippen LogP) is -0.324. The van der Waals surface area contributed by atoms with Crippen LogP contribution in [0.3, 0.4) is 0 Å². The zero-order chi connectivity index (χ0) is 16.8. The number of anilines is 1. The average Bonchev–Trinajstić information content (AvgIpc) is 2.59. The van der Waals surface area contributed by atoms with E-state index >= 15 is 0 Å². The summed E-state index contributed by atoms with van der Waals surface area (Å²) < 4.78 is 0. The molecule has 2 rings (SSSR count). The van der Waals surface area contributed by atoms with Crippen molar-refractivity contribution in [3.8, 4) is 0 Å². The first-order chi connectivity index (χ1) is 11.0. The number of pyridine rings is 1. The SMILES string of the molecule is O=C(NC[C@@H](O)CO)[C@@H]1CCCN(c2ccc([N+](=O)[O-])cn2)C1. The Balaban J connectivity index is 1.94. The van der Waals surface area contributed by atoms with Crippen LogP contribution < -0.4 is 10.2 Å². The van der Waals surface area contributed by atoms with E-state index in [1.165, 1.54) is 12.3 Å². The summed E-state index contributed by atoms with van der Waals surface area (Å²) in [7, 11) is 0. The Morgan fingerprint density at radius 2 is 2.35 bits per heavy atom. The maximum atomic E-state index is 12.1. The molecule has 0 unspecified atom stereocenters. The fraction of sp³-hybridized carbons (Fsp3) is 0.571. The van der Waals surface area contributed by atoms with E-state index in [0.717, 1.165) is 19.4 Å². The molecule has 2 atom stereocenters. The van der Waals surface area contributed by atoms with Crippen molar-refractivity contribution in [2.24, 2.45) is 5.92 Å². The standard InChI is InChI=1S/C14H20N4O5/c19-9-12(20)7-16-14(21)10-2-1-5-17(8-10)13-4-3-11(6-15-13)18(22)23/h3-4,6,10,12,19-20H,1-2,5,7-9H2,(H,16,21)/t10-,12-/m1/s1. The lowest BCUT2D eigenvalue weighted by atomic mass is 9.97. The van der Waals surface area contributed by atoms with Crippen LogP contribution in [0.5, 0.6) is 0 Å². The van der Waals surface area contributed by atoms with Gasteiger partial charge in [0.15, 0.2) is 0 Å². The van der Waals surface area contributed by atoms with Crippen LogP contribution in [0, 0.1) is 16.0 Å². The molecule has 0 aromatic carbocycles. The number of nitro groups is 1. The molecule has 2 heterocycles. The van der Waals surface area contributed by atoms with Crippen molar-refractivity contribution >= 4 is 17.4 Å². The van der Waals surface area contributed by atoms with Gasteiger partial charge >= 0.3 is 0 Å². The third-order valence-corrected chi connectivity index (χ3v) is 3.78. The highest BCUT2D eigenvalue weighted by Crippen LogP contribution is 2.23. The molecule has 0 radical (unpaired) electrons. The van der Waals surface area contributed by atoms with Gasteiger partial charge in [-0.2, -0.15) is 0 Å². The van der Waals surface area contributed by atoms with Crippen LogP contribution >= 0.6 is 0 Å². The van der Waals surface area contributed by atoms with Crippen LogP contribution in [0.25, 0.3) is 0 Å². The van der Waals surface area contributed by atoms with Gasteiger partial charge in [0.25, 0.3) is 5.69 Å². The van der Waals surface area contributed by atoms with E-state index in [9.17, 15) is 20.0 Å². The summed E-state index contributed by atoms with van der Waals surface area (Å²) in [6, 6.07) is 2.97. The van der Waals surface area contributed by atoms with Crippen LogP contribution in [-0.4, -0.2) is 58.4 Å². The molecule has 3 N–H and O–H groups in total. The van der Waals surface area contributed by atoms with Crippen LogP contribution in [0.2, 0.25) is 0 Å². The molecule has 1 fully saturated rings. The van der Waals surface area contributed by atoms with E-state index in [1.54, 1.807) is 6.07 Å². The van der Waals surface area contributed by atoms with Gasteiger partial charge < -0.3 is 20.4 Å². The molecule has 1 saturated heterocycles. The summed E-state index contributed by atoms with van der Waals surface area (Å²) >= 11 is 0. The number of rotatable bonds is 6. The lowest BCUT2D eigenvalue weighted by molar-refractivity contribution is -0.385. The molecule has 9 nitrogen and oxygen atoms in total. The van der Waals surface area contributed by atoms with Crippen molar-refractivity contribution in [1.82, 2.24) is 10.3 Å². The minimum absolute atomic E-state index is 0.0155. The number of nitrogens with zero attached hydrogens (tertiary/aromatic N) is 3. The number of aromatic nitrogens is 1. The van der Waals surface area contributed by atoms with E-state index < -0.39 is 17.6 Å². The average molecular weight is 324 g/mol. The number of carbonyl (C=O) groups excluding carboxylic acids is 1. The molecule has 0 aliphatic carbocycles. The van der Waals surface area contributed by atoms with Crippen molar-refractivity contribution in [1.29, 1.82) is 0 Å². The number of hydrogen-bond acceptors (Lipinski definition) is 7. The minimum atomic E-state index is -0.963. The van der Waals surface area contributed by atoms with Gasteiger partial charge in [-0.1, -0.05) is 0 Å². The highest BCUT2D eigenvalue weighted by atomic mass is 16.6. The van der Waals surface area contributed by atoms with Crippen molar-refractivity contribution in [3.05, 3.63) is 28.4 Å². The van der Waals surface area contributed by atoms with E-state index in [1.807, 2.05) is 4.90 Å². The molecule has 0 saturated carbocycles. The third kappa shape index (κ3) is 4.60. The van der Waals surface area contributed by atoms with Crippen LogP contribution in [0.1, 0.15) is 12.8 Å². The van der Waals surface area contributed by atoms with E-state index in [0.29, 0.717) is 12.4 Å². The summed E-state index contributed by atoms with van der Waals surface area (Å²) in [5.41, 5.74) is -0.0713. The molecule has 0 spiro atoms. The first kappa shape index (κ1) is 17.1. The van der Waals surface area contributed by atoms with Gasteiger partial charge in [-0.05, 0) is 18.9 Å². The van der Waals surface area contributed by atoms with Gasteiger partial charge in [0.1, 0.15) is 12.0 Å². The largest absolute Gasteiger partial charge is 0.394 e. The molecular formula is C14H20N4O5. The topological polar surface area (TPSA) is 129 Å². The quantitative estimate of drug-likeness (QED) is 0.483. The zero-order valence-corrected chi connectivity index (χ0v) is 12.6. The van der Waals surface area contributed by atoms with Gasteiger partial charge in [0.2, 0.25) is 5.91 Å². The number of nitrogens with one attached hydrogen (secondary N) is 1. The lowest BCUT2D eigenvalue weighted by Crippen LogP contribution is -2.45. The Hall–Kier alpha value is -2.26. The third-order valence-electron chi connectivity index (χ3n) is 3.78. The van der Waals surface area contributed by atoms with E-state index in [-0.39, 0.29) is 24.1 Å². The molecule has 1 aliphatic rings. The second kappa shape index (κ2) is 7.84.